The molecule has 2 amide bonds. The quantitative estimate of drug-likeness (QED) is 0.841. The van der Waals surface area contributed by atoms with E-state index in [2.05, 4.69) is 9.97 Å². The topological polar surface area (TPSA) is 113 Å². The van der Waals surface area contributed by atoms with Crippen molar-refractivity contribution in [3.05, 3.63) is 23.8 Å². The van der Waals surface area contributed by atoms with Crippen molar-refractivity contribution in [1.82, 2.24) is 19.8 Å². The summed E-state index contributed by atoms with van der Waals surface area (Å²) in [4.78, 5) is 45.5. The third-order valence-electron chi connectivity index (χ3n) is 3.20. The van der Waals surface area contributed by atoms with Crippen LogP contribution >= 0.6 is 0 Å². The van der Waals surface area contributed by atoms with Gasteiger partial charge in [-0.3, -0.25) is 4.79 Å². The summed E-state index contributed by atoms with van der Waals surface area (Å²) < 4.78 is 4.90. The van der Waals surface area contributed by atoms with Gasteiger partial charge in [0.05, 0.1) is 6.61 Å². The molecule has 0 aromatic carbocycles. The van der Waals surface area contributed by atoms with Gasteiger partial charge in [0.2, 0.25) is 0 Å². The van der Waals surface area contributed by atoms with Crippen LogP contribution in [0.3, 0.4) is 0 Å². The highest BCUT2D eigenvalue weighted by atomic mass is 16.6. The second-order valence-electron chi connectivity index (χ2n) is 4.54. The van der Waals surface area contributed by atoms with Crippen LogP contribution in [-0.2, 0) is 4.74 Å². The summed E-state index contributed by atoms with van der Waals surface area (Å²) in [7, 11) is 0. The smallest absolute Gasteiger partial charge is 0.409 e. The highest BCUT2D eigenvalue weighted by Crippen LogP contribution is 2.10. The Balaban J connectivity index is 2.04. The highest BCUT2D eigenvalue weighted by Gasteiger charge is 2.29. The van der Waals surface area contributed by atoms with Gasteiger partial charge in [0.25, 0.3) is 5.91 Å². The van der Waals surface area contributed by atoms with E-state index in [4.69, 9.17) is 9.84 Å². The van der Waals surface area contributed by atoms with Gasteiger partial charge in [-0.05, 0) is 6.92 Å². The van der Waals surface area contributed by atoms with Crippen molar-refractivity contribution in [2.45, 2.75) is 6.92 Å². The molecule has 1 aromatic rings. The molecule has 9 nitrogen and oxygen atoms in total. The van der Waals surface area contributed by atoms with Crippen molar-refractivity contribution in [1.29, 1.82) is 0 Å². The summed E-state index contributed by atoms with van der Waals surface area (Å²) in [5.41, 5.74) is -0.570. The normalized spacial score (nSPS) is 14.6. The highest BCUT2D eigenvalue weighted by molar-refractivity contribution is 6.02. The molecule has 1 saturated heterocycles. The number of aromatic nitrogens is 2. The van der Waals surface area contributed by atoms with Crippen LogP contribution in [0, 0.1) is 0 Å². The molecular formula is C13H16N4O5. The Morgan fingerprint density at radius 3 is 2.18 bits per heavy atom. The Morgan fingerprint density at radius 2 is 1.64 bits per heavy atom. The number of ether oxygens (including phenoxy) is 1. The van der Waals surface area contributed by atoms with Crippen molar-refractivity contribution in [2.24, 2.45) is 0 Å². The van der Waals surface area contributed by atoms with Gasteiger partial charge in [-0.1, -0.05) is 0 Å². The number of aromatic carboxylic acids is 1. The van der Waals surface area contributed by atoms with E-state index in [1.54, 1.807) is 6.92 Å². The minimum Gasteiger partial charge on any atom is -0.476 e. The van der Waals surface area contributed by atoms with Crippen LogP contribution in [0.15, 0.2) is 12.4 Å². The number of carbonyl (C=O) groups is 3. The van der Waals surface area contributed by atoms with Crippen LogP contribution in [0.1, 0.15) is 27.9 Å². The molecule has 0 atom stereocenters. The number of nitrogens with zero attached hydrogens (tertiary/aromatic N) is 4. The summed E-state index contributed by atoms with van der Waals surface area (Å²) in [5, 5.41) is 9.04. The minimum absolute atomic E-state index is 0.195. The van der Waals surface area contributed by atoms with Crippen LogP contribution in [0.2, 0.25) is 0 Å². The summed E-state index contributed by atoms with van der Waals surface area (Å²) in [6, 6.07) is 0. The lowest BCUT2D eigenvalue weighted by Crippen LogP contribution is -2.51. The molecule has 0 spiro atoms. The standard InChI is InChI=1S/C13H16N4O5/c1-2-22-13(21)17-7-5-16(6-8-17)11(18)9-10(12(19)20)15-4-3-14-9/h3-4H,2,5-8H2,1H3,(H,19,20). The largest absolute Gasteiger partial charge is 0.476 e. The van der Waals surface area contributed by atoms with E-state index in [-0.39, 0.29) is 24.5 Å². The fourth-order valence-corrected chi connectivity index (χ4v) is 2.11. The zero-order valence-electron chi connectivity index (χ0n) is 12.1. The van der Waals surface area contributed by atoms with Crippen molar-refractivity contribution in [3.8, 4) is 0 Å². The lowest BCUT2D eigenvalue weighted by molar-refractivity contribution is 0.0556. The van der Waals surface area contributed by atoms with E-state index in [1.165, 1.54) is 22.2 Å². The van der Waals surface area contributed by atoms with Gasteiger partial charge in [-0.25, -0.2) is 19.6 Å². The first-order valence-corrected chi connectivity index (χ1v) is 6.79. The predicted molar refractivity (Wildman–Crippen MR) is 73.5 cm³/mol. The average molecular weight is 308 g/mol. The molecule has 0 unspecified atom stereocenters. The molecule has 1 aliphatic heterocycles. The third-order valence-corrected chi connectivity index (χ3v) is 3.20. The zero-order chi connectivity index (χ0) is 16.1. The van der Waals surface area contributed by atoms with E-state index in [9.17, 15) is 14.4 Å². The van der Waals surface area contributed by atoms with E-state index < -0.39 is 18.0 Å². The molecule has 22 heavy (non-hydrogen) atoms. The van der Waals surface area contributed by atoms with Crippen LogP contribution in [0.5, 0.6) is 0 Å². The van der Waals surface area contributed by atoms with Crippen molar-refractivity contribution in [3.63, 3.8) is 0 Å². The Morgan fingerprint density at radius 1 is 1.09 bits per heavy atom. The summed E-state index contributed by atoms with van der Waals surface area (Å²) in [6.45, 7) is 3.24. The minimum atomic E-state index is -1.30. The maximum absolute atomic E-state index is 12.4. The summed E-state index contributed by atoms with van der Waals surface area (Å²) >= 11 is 0. The number of hydrogen-bond donors (Lipinski definition) is 1. The number of rotatable bonds is 3. The van der Waals surface area contributed by atoms with E-state index in [1.807, 2.05) is 0 Å². The molecular weight excluding hydrogens is 292 g/mol. The van der Waals surface area contributed by atoms with Crippen LogP contribution < -0.4 is 0 Å². The van der Waals surface area contributed by atoms with E-state index >= 15 is 0 Å². The molecule has 1 aromatic heterocycles. The molecule has 2 rings (SSSR count). The summed E-state index contributed by atoms with van der Waals surface area (Å²) in [5.74, 6) is -1.81. The van der Waals surface area contributed by atoms with E-state index in [0.29, 0.717) is 19.7 Å². The SMILES string of the molecule is CCOC(=O)N1CCN(C(=O)c2nccnc2C(=O)O)CC1. The van der Waals surface area contributed by atoms with E-state index in [0.717, 1.165) is 0 Å². The molecule has 0 radical (unpaired) electrons. The molecule has 2 heterocycles. The second kappa shape index (κ2) is 6.83. The van der Waals surface area contributed by atoms with Crippen molar-refractivity contribution < 1.29 is 24.2 Å². The zero-order valence-corrected chi connectivity index (χ0v) is 12.1. The molecule has 9 heteroatoms. The van der Waals surface area contributed by atoms with Gasteiger partial charge < -0.3 is 19.6 Å². The number of carboxylic acid groups (broad SMARTS) is 1. The number of amides is 2. The monoisotopic (exact) mass is 308 g/mol. The lowest BCUT2D eigenvalue weighted by atomic mass is 10.2. The lowest BCUT2D eigenvalue weighted by Gasteiger charge is -2.33. The van der Waals surface area contributed by atoms with Crippen molar-refractivity contribution >= 4 is 18.0 Å². The fourth-order valence-electron chi connectivity index (χ4n) is 2.11. The van der Waals surface area contributed by atoms with Gasteiger partial charge in [0, 0.05) is 38.6 Å². The molecule has 1 fully saturated rings. The van der Waals surface area contributed by atoms with Crippen LogP contribution in [0.25, 0.3) is 0 Å². The first kappa shape index (κ1) is 15.7. The van der Waals surface area contributed by atoms with Gasteiger partial charge >= 0.3 is 12.1 Å². The Hall–Kier alpha value is -2.71. The Bertz CT molecular complexity index is 584. The average Bonchev–Trinajstić information content (AvgIpc) is 2.54. The number of piperazine rings is 1. The maximum Gasteiger partial charge on any atom is 0.409 e. The first-order chi connectivity index (χ1) is 10.5. The van der Waals surface area contributed by atoms with Crippen molar-refractivity contribution in [2.75, 3.05) is 32.8 Å². The van der Waals surface area contributed by atoms with Gasteiger partial charge in [-0.2, -0.15) is 0 Å². The Labute approximate surface area is 126 Å². The molecule has 0 saturated carbocycles. The van der Waals surface area contributed by atoms with Crippen LogP contribution in [-0.4, -0.2) is 75.6 Å². The molecule has 0 bridgehead atoms. The number of hydrogen-bond acceptors (Lipinski definition) is 6. The van der Waals surface area contributed by atoms with Gasteiger partial charge in [0.15, 0.2) is 11.4 Å². The fraction of sp³-hybridized carbons (Fsp3) is 0.462. The molecule has 1 N–H and O–H groups in total. The van der Waals surface area contributed by atoms with Gasteiger partial charge in [-0.15, -0.1) is 0 Å². The maximum atomic E-state index is 12.4. The van der Waals surface area contributed by atoms with Crippen LogP contribution in [0.4, 0.5) is 4.79 Å². The molecule has 1 aliphatic rings. The molecule has 118 valence electrons. The summed E-state index contributed by atoms with van der Waals surface area (Å²) in [6.07, 6.45) is 2.08. The predicted octanol–water partition coefficient (Wildman–Crippen LogP) is 0.0891. The number of carbonyl (C=O) groups excluding carboxylic acids is 2. The van der Waals surface area contributed by atoms with Gasteiger partial charge in [0.1, 0.15) is 0 Å². The second-order valence-corrected chi connectivity index (χ2v) is 4.54. The Kier molecular flexibility index (Phi) is 4.87. The third kappa shape index (κ3) is 3.30. The molecule has 0 aliphatic carbocycles. The first-order valence-electron chi connectivity index (χ1n) is 6.79. The number of carboxylic acids is 1.